The van der Waals surface area contributed by atoms with Crippen molar-refractivity contribution >= 4 is 29.9 Å². The summed E-state index contributed by atoms with van der Waals surface area (Å²) in [6, 6.07) is 8.63. The predicted molar refractivity (Wildman–Crippen MR) is 135 cm³/mol. The molecule has 0 atom stereocenters. The van der Waals surface area contributed by atoms with Gasteiger partial charge in [0.1, 0.15) is 0 Å². The molecule has 1 aliphatic heterocycles. The molecule has 0 saturated carbocycles. The number of methoxy groups -OCH3 is 1. The molecule has 0 amide bonds. The van der Waals surface area contributed by atoms with E-state index in [-0.39, 0.29) is 24.0 Å². The van der Waals surface area contributed by atoms with Gasteiger partial charge >= 0.3 is 0 Å². The first-order valence-electron chi connectivity index (χ1n) is 10.8. The summed E-state index contributed by atoms with van der Waals surface area (Å²) in [5.74, 6) is 0.883. The van der Waals surface area contributed by atoms with Gasteiger partial charge < -0.3 is 25.0 Å². The Balaban J connectivity index is 0.00000450. The third kappa shape index (κ3) is 10.9. The van der Waals surface area contributed by atoms with Gasteiger partial charge in [-0.15, -0.1) is 24.0 Å². The largest absolute Gasteiger partial charge is 0.383 e. The first-order chi connectivity index (χ1) is 14.2. The molecule has 2 N–H and O–H groups in total. The Morgan fingerprint density at radius 2 is 1.90 bits per heavy atom. The average Bonchev–Trinajstić information content (AvgIpc) is 2.75. The highest BCUT2D eigenvalue weighted by molar-refractivity contribution is 14.0. The number of halogens is 1. The number of nitrogens with one attached hydrogen (secondary N) is 2. The Bertz CT molecular complexity index is 597. The first kappa shape index (κ1) is 27.1. The molecule has 0 unspecified atom stereocenters. The Hall–Kier alpha value is -0.940. The molecule has 1 aromatic carbocycles. The van der Waals surface area contributed by atoms with Gasteiger partial charge in [0.2, 0.25) is 0 Å². The highest BCUT2D eigenvalue weighted by Crippen LogP contribution is 2.14. The Morgan fingerprint density at radius 3 is 2.60 bits per heavy atom. The Labute approximate surface area is 199 Å². The zero-order valence-electron chi connectivity index (χ0n) is 18.9. The highest BCUT2D eigenvalue weighted by Gasteiger charge is 2.12. The lowest BCUT2D eigenvalue weighted by molar-refractivity contribution is 0.0341. The summed E-state index contributed by atoms with van der Waals surface area (Å²) in [6.45, 7) is 11.9. The fourth-order valence-corrected chi connectivity index (χ4v) is 3.29. The van der Waals surface area contributed by atoms with Gasteiger partial charge in [-0.25, -0.2) is 4.99 Å². The van der Waals surface area contributed by atoms with E-state index in [1.807, 2.05) is 0 Å². The third-order valence-electron chi connectivity index (χ3n) is 5.05. The van der Waals surface area contributed by atoms with Crippen molar-refractivity contribution in [3.05, 3.63) is 35.4 Å². The van der Waals surface area contributed by atoms with E-state index in [4.69, 9.17) is 14.5 Å². The second-order valence-corrected chi connectivity index (χ2v) is 7.43. The van der Waals surface area contributed by atoms with Gasteiger partial charge in [-0.1, -0.05) is 24.3 Å². The quantitative estimate of drug-likeness (QED) is 0.186. The van der Waals surface area contributed by atoms with Crippen LogP contribution >= 0.6 is 24.0 Å². The summed E-state index contributed by atoms with van der Waals surface area (Å²) < 4.78 is 10.6. The molecule has 0 spiro atoms. The minimum absolute atomic E-state index is 0. The van der Waals surface area contributed by atoms with E-state index < -0.39 is 0 Å². The molecule has 30 heavy (non-hydrogen) atoms. The van der Waals surface area contributed by atoms with Crippen LogP contribution in [-0.2, 0) is 22.6 Å². The van der Waals surface area contributed by atoms with Crippen molar-refractivity contribution in [3.8, 4) is 0 Å². The van der Waals surface area contributed by atoms with Crippen LogP contribution in [-0.4, -0.2) is 89.0 Å². The number of guanidine groups is 1. The van der Waals surface area contributed by atoms with E-state index in [2.05, 4.69) is 58.7 Å². The SMILES string of the molecule is CCNC(=NCc1ccccc1CN1CCOCC1)NCCCN(C)CCOC.I. The maximum atomic E-state index is 5.46. The number of likely N-dealkylation sites (N-methyl/N-ethyl adjacent to an activating group) is 1. The van der Waals surface area contributed by atoms with Crippen molar-refractivity contribution in [1.29, 1.82) is 0 Å². The number of nitrogens with zero attached hydrogens (tertiary/aromatic N) is 3. The molecule has 1 aliphatic rings. The number of hydrogen-bond acceptors (Lipinski definition) is 5. The van der Waals surface area contributed by atoms with Crippen LogP contribution in [0.25, 0.3) is 0 Å². The normalized spacial score (nSPS) is 15.1. The Morgan fingerprint density at radius 1 is 1.17 bits per heavy atom. The molecule has 0 bridgehead atoms. The van der Waals surface area contributed by atoms with Crippen molar-refractivity contribution in [1.82, 2.24) is 20.4 Å². The fraction of sp³-hybridized carbons (Fsp3) is 0.682. The van der Waals surface area contributed by atoms with Crippen LogP contribution in [0, 0.1) is 0 Å². The van der Waals surface area contributed by atoms with Gasteiger partial charge in [-0.2, -0.15) is 0 Å². The molecule has 1 saturated heterocycles. The number of benzene rings is 1. The van der Waals surface area contributed by atoms with Gasteiger partial charge in [0.25, 0.3) is 0 Å². The zero-order chi connectivity index (χ0) is 20.7. The van der Waals surface area contributed by atoms with Crippen LogP contribution in [0.15, 0.2) is 29.3 Å². The molecule has 1 fully saturated rings. The smallest absolute Gasteiger partial charge is 0.191 e. The van der Waals surface area contributed by atoms with Crippen molar-refractivity contribution in [2.45, 2.75) is 26.4 Å². The first-order valence-corrected chi connectivity index (χ1v) is 10.8. The topological polar surface area (TPSA) is 61.4 Å². The highest BCUT2D eigenvalue weighted by atomic mass is 127. The third-order valence-corrected chi connectivity index (χ3v) is 5.05. The molecule has 172 valence electrons. The van der Waals surface area contributed by atoms with Crippen molar-refractivity contribution in [2.75, 3.05) is 73.2 Å². The summed E-state index contributed by atoms with van der Waals surface area (Å²) in [5.41, 5.74) is 2.64. The zero-order valence-corrected chi connectivity index (χ0v) is 21.2. The number of morpholine rings is 1. The molecule has 0 radical (unpaired) electrons. The monoisotopic (exact) mass is 533 g/mol. The summed E-state index contributed by atoms with van der Waals surface area (Å²) in [6.07, 6.45) is 1.07. The molecule has 2 rings (SSSR count). The second-order valence-electron chi connectivity index (χ2n) is 7.43. The summed E-state index contributed by atoms with van der Waals surface area (Å²) in [7, 11) is 3.87. The van der Waals surface area contributed by atoms with E-state index >= 15 is 0 Å². The number of ether oxygens (including phenoxy) is 2. The van der Waals surface area contributed by atoms with Crippen LogP contribution in [0.2, 0.25) is 0 Å². The predicted octanol–water partition coefficient (Wildman–Crippen LogP) is 2.16. The summed E-state index contributed by atoms with van der Waals surface area (Å²) in [5, 5.41) is 6.81. The average molecular weight is 533 g/mol. The van der Waals surface area contributed by atoms with E-state index in [1.54, 1.807) is 7.11 Å². The fourth-order valence-electron chi connectivity index (χ4n) is 3.29. The van der Waals surface area contributed by atoms with Crippen LogP contribution in [0.3, 0.4) is 0 Å². The summed E-state index contributed by atoms with van der Waals surface area (Å²) in [4.78, 5) is 9.56. The number of rotatable bonds is 12. The minimum Gasteiger partial charge on any atom is -0.383 e. The molecule has 8 heteroatoms. The maximum absolute atomic E-state index is 5.46. The molecule has 0 aromatic heterocycles. The minimum atomic E-state index is 0. The molecule has 0 aliphatic carbocycles. The molecular formula is C22H40IN5O2. The van der Waals surface area contributed by atoms with E-state index in [9.17, 15) is 0 Å². The standard InChI is InChI=1S/C22H39N5O2.HI/c1-4-23-22(24-10-7-11-26(2)12-15-28-3)25-18-20-8-5-6-9-21(20)19-27-13-16-29-17-14-27;/h5-6,8-9H,4,7,10-19H2,1-3H3,(H2,23,24,25);1H. The van der Waals surface area contributed by atoms with Gasteiger partial charge in [0, 0.05) is 46.4 Å². The van der Waals surface area contributed by atoms with Gasteiger partial charge in [0.05, 0.1) is 26.4 Å². The second kappa shape index (κ2) is 16.7. The number of aliphatic imine (C=N–C) groups is 1. The lowest BCUT2D eigenvalue weighted by Gasteiger charge is -2.27. The van der Waals surface area contributed by atoms with Crippen LogP contribution in [0.5, 0.6) is 0 Å². The van der Waals surface area contributed by atoms with Gasteiger partial charge in [-0.3, -0.25) is 4.90 Å². The van der Waals surface area contributed by atoms with Crippen molar-refractivity contribution < 1.29 is 9.47 Å². The van der Waals surface area contributed by atoms with Gasteiger partial charge in [-0.05, 0) is 38.1 Å². The lowest BCUT2D eigenvalue weighted by Crippen LogP contribution is -2.38. The van der Waals surface area contributed by atoms with Crippen LogP contribution in [0.4, 0.5) is 0 Å². The van der Waals surface area contributed by atoms with E-state index in [0.29, 0.717) is 6.54 Å². The van der Waals surface area contributed by atoms with E-state index in [1.165, 1.54) is 11.1 Å². The van der Waals surface area contributed by atoms with Crippen molar-refractivity contribution in [2.24, 2.45) is 4.99 Å². The number of hydrogen-bond donors (Lipinski definition) is 2. The van der Waals surface area contributed by atoms with E-state index in [0.717, 1.165) is 78.0 Å². The molecule has 7 nitrogen and oxygen atoms in total. The lowest BCUT2D eigenvalue weighted by atomic mass is 10.1. The molecule has 1 aromatic rings. The molecule has 1 heterocycles. The van der Waals surface area contributed by atoms with Crippen LogP contribution in [0.1, 0.15) is 24.5 Å². The van der Waals surface area contributed by atoms with Gasteiger partial charge in [0.15, 0.2) is 5.96 Å². The Kier molecular flexibility index (Phi) is 15.1. The van der Waals surface area contributed by atoms with Crippen molar-refractivity contribution in [3.63, 3.8) is 0 Å². The van der Waals surface area contributed by atoms with Crippen LogP contribution < -0.4 is 10.6 Å². The molecular weight excluding hydrogens is 493 g/mol. The summed E-state index contributed by atoms with van der Waals surface area (Å²) >= 11 is 0. The maximum Gasteiger partial charge on any atom is 0.191 e.